The number of benzene rings is 2. The van der Waals surface area contributed by atoms with Gasteiger partial charge < -0.3 is 19.8 Å². The molecule has 5 rings (SSSR count). The van der Waals surface area contributed by atoms with E-state index < -0.39 is 6.04 Å². The van der Waals surface area contributed by atoms with Crippen molar-refractivity contribution < 1.29 is 14.3 Å². The Labute approximate surface area is 184 Å². The monoisotopic (exact) mass is 426 g/mol. The van der Waals surface area contributed by atoms with Crippen molar-refractivity contribution in [1.82, 2.24) is 14.6 Å². The fourth-order valence-electron chi connectivity index (χ4n) is 3.86. The fraction of sp³-hybridized carbons (Fsp3) is 0.120. The van der Waals surface area contributed by atoms with Gasteiger partial charge >= 0.3 is 0 Å². The number of para-hydroxylation sites is 1. The molecule has 0 aliphatic carbocycles. The van der Waals surface area contributed by atoms with Crippen LogP contribution in [0.2, 0.25) is 0 Å². The van der Waals surface area contributed by atoms with Crippen LogP contribution >= 0.6 is 0 Å². The van der Waals surface area contributed by atoms with E-state index in [1.165, 1.54) is 0 Å². The van der Waals surface area contributed by atoms with E-state index in [2.05, 4.69) is 15.4 Å². The van der Waals surface area contributed by atoms with E-state index in [1.54, 1.807) is 31.0 Å². The van der Waals surface area contributed by atoms with Crippen LogP contribution in [0.15, 0.2) is 79.1 Å². The van der Waals surface area contributed by atoms with Gasteiger partial charge in [0.05, 0.1) is 25.4 Å². The smallest absolute Gasteiger partial charge is 0.193 e. The number of anilines is 1. The average Bonchev–Trinajstić information content (AvgIpc) is 3.46. The quantitative estimate of drug-likeness (QED) is 0.363. The number of hydrogen-bond donors (Lipinski definition) is 2. The van der Waals surface area contributed by atoms with Crippen LogP contribution in [0, 0.1) is 0 Å². The Kier molecular flexibility index (Phi) is 4.99. The summed E-state index contributed by atoms with van der Waals surface area (Å²) in [6, 6.07) is 20.2. The van der Waals surface area contributed by atoms with Crippen molar-refractivity contribution in [3.8, 4) is 11.5 Å². The van der Waals surface area contributed by atoms with E-state index in [-0.39, 0.29) is 5.78 Å². The van der Waals surface area contributed by atoms with Crippen molar-refractivity contribution in [3.05, 3.63) is 90.4 Å². The van der Waals surface area contributed by atoms with Gasteiger partial charge in [0.15, 0.2) is 5.78 Å². The van der Waals surface area contributed by atoms with Gasteiger partial charge in [-0.1, -0.05) is 24.3 Å². The minimum atomic E-state index is -0.717. The number of ketones is 1. The van der Waals surface area contributed by atoms with Crippen molar-refractivity contribution in [1.29, 1.82) is 0 Å². The molecule has 2 N–H and O–H groups in total. The van der Waals surface area contributed by atoms with Crippen molar-refractivity contribution in [2.75, 3.05) is 19.5 Å². The standard InChI is InChI=1S/C25H22N4O3/c1-31-18-11-16(12-19(14-18)32-2)27-24(23-13-17-7-5-6-10-29(17)28-23)25(30)21-15-26-22-9-4-3-8-20(21)22/h3-15,24,26-27H,1-2H3. The number of nitrogens with zero attached hydrogens (tertiary/aromatic N) is 2. The fourth-order valence-corrected chi connectivity index (χ4v) is 3.86. The predicted molar refractivity (Wildman–Crippen MR) is 124 cm³/mol. The maximum atomic E-state index is 13.8. The first-order valence-electron chi connectivity index (χ1n) is 10.2. The Morgan fingerprint density at radius 1 is 1.00 bits per heavy atom. The van der Waals surface area contributed by atoms with Gasteiger partial charge in [0, 0.05) is 52.7 Å². The lowest BCUT2D eigenvalue weighted by molar-refractivity contribution is 0.0969. The van der Waals surface area contributed by atoms with Gasteiger partial charge in [0.25, 0.3) is 0 Å². The van der Waals surface area contributed by atoms with Crippen LogP contribution in [0.1, 0.15) is 22.1 Å². The van der Waals surface area contributed by atoms with Gasteiger partial charge in [-0.25, -0.2) is 4.52 Å². The third-order valence-electron chi connectivity index (χ3n) is 5.46. The maximum absolute atomic E-state index is 13.8. The predicted octanol–water partition coefficient (Wildman–Crippen LogP) is 4.87. The molecule has 7 heteroatoms. The van der Waals surface area contributed by atoms with Gasteiger partial charge in [-0.2, -0.15) is 5.10 Å². The molecule has 0 bridgehead atoms. The van der Waals surface area contributed by atoms with Gasteiger partial charge in [0.2, 0.25) is 0 Å². The number of aromatic amines is 1. The van der Waals surface area contributed by atoms with E-state index in [0.717, 1.165) is 16.4 Å². The largest absolute Gasteiger partial charge is 0.497 e. The second kappa shape index (κ2) is 8.11. The molecule has 0 spiro atoms. The molecule has 0 amide bonds. The minimum absolute atomic E-state index is 0.0901. The zero-order valence-electron chi connectivity index (χ0n) is 17.7. The maximum Gasteiger partial charge on any atom is 0.193 e. The van der Waals surface area contributed by atoms with Gasteiger partial charge in [-0.05, 0) is 24.3 Å². The van der Waals surface area contributed by atoms with Crippen molar-refractivity contribution in [2.45, 2.75) is 6.04 Å². The van der Waals surface area contributed by atoms with E-state index in [9.17, 15) is 4.79 Å². The zero-order valence-corrected chi connectivity index (χ0v) is 17.7. The molecule has 0 fully saturated rings. The molecular formula is C25H22N4O3. The summed E-state index contributed by atoms with van der Waals surface area (Å²) >= 11 is 0. The SMILES string of the molecule is COc1cc(NC(C(=O)c2c[nH]c3ccccc23)c2cc3ccccn3n2)cc(OC)c1. The molecule has 5 aromatic rings. The number of hydrogen-bond acceptors (Lipinski definition) is 5. The topological polar surface area (TPSA) is 80.7 Å². The Balaban J connectivity index is 1.61. The summed E-state index contributed by atoms with van der Waals surface area (Å²) in [6.07, 6.45) is 3.62. The third kappa shape index (κ3) is 3.54. The second-order valence-corrected chi connectivity index (χ2v) is 7.43. The molecule has 0 saturated heterocycles. The summed E-state index contributed by atoms with van der Waals surface area (Å²) in [6.45, 7) is 0. The number of rotatable bonds is 7. The molecule has 32 heavy (non-hydrogen) atoms. The van der Waals surface area contributed by atoms with Crippen LogP contribution < -0.4 is 14.8 Å². The summed E-state index contributed by atoms with van der Waals surface area (Å²) in [5.41, 5.74) is 3.73. The molecule has 0 aliphatic rings. The number of carbonyl (C=O) groups is 1. The average molecular weight is 426 g/mol. The Bertz CT molecular complexity index is 1360. The van der Waals surface area contributed by atoms with Crippen molar-refractivity contribution in [3.63, 3.8) is 0 Å². The number of H-pyrrole nitrogens is 1. The highest BCUT2D eigenvalue weighted by Gasteiger charge is 2.27. The number of carbonyl (C=O) groups excluding carboxylic acids is 1. The molecule has 1 atom stereocenters. The highest BCUT2D eigenvalue weighted by Crippen LogP contribution is 2.31. The molecular weight excluding hydrogens is 404 g/mol. The van der Waals surface area contributed by atoms with Gasteiger partial charge in [-0.3, -0.25) is 4.79 Å². The number of aromatic nitrogens is 3. The second-order valence-electron chi connectivity index (χ2n) is 7.43. The van der Waals surface area contributed by atoms with Crippen LogP contribution in [0.25, 0.3) is 16.4 Å². The summed E-state index contributed by atoms with van der Waals surface area (Å²) < 4.78 is 12.5. The molecule has 7 nitrogen and oxygen atoms in total. The lowest BCUT2D eigenvalue weighted by atomic mass is 10.0. The molecule has 160 valence electrons. The van der Waals surface area contributed by atoms with Crippen molar-refractivity contribution in [2.24, 2.45) is 0 Å². The van der Waals surface area contributed by atoms with E-state index >= 15 is 0 Å². The molecule has 0 saturated carbocycles. The van der Waals surface area contributed by atoms with E-state index in [1.807, 2.05) is 66.9 Å². The highest BCUT2D eigenvalue weighted by atomic mass is 16.5. The minimum Gasteiger partial charge on any atom is -0.497 e. The third-order valence-corrected chi connectivity index (χ3v) is 5.46. The lowest BCUT2D eigenvalue weighted by Crippen LogP contribution is -2.22. The van der Waals surface area contributed by atoms with Gasteiger partial charge in [-0.15, -0.1) is 0 Å². The van der Waals surface area contributed by atoms with Crippen LogP contribution in [-0.2, 0) is 0 Å². The highest BCUT2D eigenvalue weighted by molar-refractivity contribution is 6.11. The summed E-state index contributed by atoms with van der Waals surface area (Å²) in [7, 11) is 3.19. The van der Waals surface area contributed by atoms with Gasteiger partial charge in [0.1, 0.15) is 17.5 Å². The number of nitrogens with one attached hydrogen (secondary N) is 2. The number of methoxy groups -OCH3 is 2. The van der Waals surface area contributed by atoms with Crippen LogP contribution in [0.4, 0.5) is 5.69 Å². The first kappa shape index (κ1) is 19.7. The Hall–Kier alpha value is -4.26. The molecule has 3 heterocycles. The molecule has 0 radical (unpaired) electrons. The first-order chi connectivity index (χ1) is 15.7. The van der Waals surface area contributed by atoms with Crippen LogP contribution in [-0.4, -0.2) is 34.6 Å². The number of pyridine rings is 1. The Morgan fingerprint density at radius 3 is 2.50 bits per heavy atom. The van der Waals surface area contributed by atoms with Crippen LogP contribution in [0.3, 0.4) is 0 Å². The molecule has 2 aromatic carbocycles. The molecule has 0 aliphatic heterocycles. The summed E-state index contributed by atoms with van der Waals surface area (Å²) in [4.78, 5) is 17.0. The zero-order chi connectivity index (χ0) is 22.1. The van der Waals surface area contributed by atoms with Crippen molar-refractivity contribution >= 4 is 27.9 Å². The lowest BCUT2D eigenvalue weighted by Gasteiger charge is -2.18. The number of fused-ring (bicyclic) bond motifs is 2. The Morgan fingerprint density at radius 2 is 1.75 bits per heavy atom. The van der Waals surface area contributed by atoms with Crippen LogP contribution in [0.5, 0.6) is 11.5 Å². The summed E-state index contributed by atoms with van der Waals surface area (Å²) in [5.74, 6) is 1.16. The number of Topliss-reactive ketones (excluding diaryl/α,β-unsaturated/α-hetero) is 1. The normalized spacial score (nSPS) is 12.1. The molecule has 1 unspecified atom stereocenters. The van der Waals surface area contributed by atoms with E-state index in [4.69, 9.17) is 9.47 Å². The summed E-state index contributed by atoms with van der Waals surface area (Å²) in [5, 5.41) is 8.90. The van der Waals surface area contributed by atoms with E-state index in [0.29, 0.717) is 28.4 Å². The first-order valence-corrected chi connectivity index (χ1v) is 10.2. The number of ether oxygens (including phenoxy) is 2. The molecule has 3 aromatic heterocycles.